The standard InChI is InChI=1S/C20H31N3O2/c1-25-16-20(8-10-21-11-9-20)19(24)22-14-17-6-2-3-7-18(17)15-23-12-4-5-13-23/h2-3,6-7,21H,4-5,8-16H2,1H3,(H,22,24). The molecule has 25 heavy (non-hydrogen) atoms. The van der Waals surface area contributed by atoms with Gasteiger partial charge >= 0.3 is 0 Å². The molecule has 0 radical (unpaired) electrons. The first-order chi connectivity index (χ1) is 12.2. The van der Waals surface area contributed by atoms with Crippen LogP contribution in [0.25, 0.3) is 0 Å². The average Bonchev–Trinajstić information content (AvgIpc) is 3.15. The Kier molecular flexibility index (Phi) is 6.45. The molecule has 5 heteroatoms. The van der Waals surface area contributed by atoms with E-state index in [1.165, 1.54) is 37.1 Å². The molecule has 1 aromatic rings. The van der Waals surface area contributed by atoms with Gasteiger partial charge in [-0.15, -0.1) is 0 Å². The molecule has 0 aliphatic carbocycles. The van der Waals surface area contributed by atoms with Gasteiger partial charge in [-0.05, 0) is 63.0 Å². The molecule has 2 aliphatic rings. The number of hydrogen-bond acceptors (Lipinski definition) is 4. The van der Waals surface area contributed by atoms with Crippen molar-refractivity contribution in [3.63, 3.8) is 0 Å². The Labute approximate surface area is 151 Å². The van der Waals surface area contributed by atoms with Gasteiger partial charge in [-0.1, -0.05) is 24.3 Å². The Balaban J connectivity index is 1.63. The number of rotatable bonds is 7. The largest absolute Gasteiger partial charge is 0.384 e. The predicted molar refractivity (Wildman–Crippen MR) is 99.2 cm³/mol. The number of carbonyl (C=O) groups is 1. The fourth-order valence-corrected chi connectivity index (χ4v) is 4.05. The van der Waals surface area contributed by atoms with Crippen LogP contribution in [-0.2, 0) is 22.6 Å². The number of piperidine rings is 1. The number of methoxy groups -OCH3 is 1. The molecule has 2 aliphatic heterocycles. The monoisotopic (exact) mass is 345 g/mol. The van der Waals surface area contributed by atoms with Gasteiger partial charge in [0.15, 0.2) is 0 Å². The van der Waals surface area contributed by atoms with Crippen LogP contribution in [0.4, 0.5) is 0 Å². The van der Waals surface area contributed by atoms with E-state index in [-0.39, 0.29) is 11.3 Å². The minimum atomic E-state index is -0.385. The molecule has 1 aromatic carbocycles. The Morgan fingerprint density at radius 1 is 1.20 bits per heavy atom. The van der Waals surface area contributed by atoms with Crippen LogP contribution in [0.3, 0.4) is 0 Å². The molecule has 0 atom stereocenters. The van der Waals surface area contributed by atoms with Crippen LogP contribution in [0, 0.1) is 5.41 Å². The fourth-order valence-electron chi connectivity index (χ4n) is 4.05. The van der Waals surface area contributed by atoms with Gasteiger partial charge in [-0.2, -0.15) is 0 Å². The molecule has 3 rings (SSSR count). The van der Waals surface area contributed by atoms with E-state index in [9.17, 15) is 4.79 Å². The third kappa shape index (κ3) is 4.60. The van der Waals surface area contributed by atoms with E-state index < -0.39 is 0 Å². The zero-order valence-corrected chi connectivity index (χ0v) is 15.4. The number of amides is 1. The van der Waals surface area contributed by atoms with Gasteiger partial charge in [0.1, 0.15) is 0 Å². The highest BCUT2D eigenvalue weighted by molar-refractivity contribution is 5.83. The number of nitrogens with one attached hydrogen (secondary N) is 2. The Bertz CT molecular complexity index is 558. The van der Waals surface area contributed by atoms with E-state index in [2.05, 4.69) is 39.8 Å². The molecule has 1 amide bonds. The lowest BCUT2D eigenvalue weighted by atomic mass is 9.78. The molecule has 0 spiro atoms. The van der Waals surface area contributed by atoms with E-state index in [4.69, 9.17) is 4.74 Å². The Morgan fingerprint density at radius 2 is 1.88 bits per heavy atom. The molecule has 0 unspecified atom stereocenters. The van der Waals surface area contributed by atoms with Crippen molar-refractivity contribution in [2.45, 2.75) is 38.8 Å². The van der Waals surface area contributed by atoms with Crippen LogP contribution < -0.4 is 10.6 Å². The molecule has 2 saturated heterocycles. The van der Waals surface area contributed by atoms with Gasteiger partial charge in [0.2, 0.25) is 5.91 Å². The summed E-state index contributed by atoms with van der Waals surface area (Å²) in [6.45, 7) is 6.21. The van der Waals surface area contributed by atoms with Crippen molar-refractivity contribution in [1.29, 1.82) is 0 Å². The summed E-state index contributed by atoms with van der Waals surface area (Å²) in [4.78, 5) is 15.4. The normalized spacial score (nSPS) is 20.5. The SMILES string of the molecule is COCC1(C(=O)NCc2ccccc2CN2CCCC2)CCNCC1. The summed E-state index contributed by atoms with van der Waals surface area (Å²) in [5, 5.41) is 6.53. The summed E-state index contributed by atoms with van der Waals surface area (Å²) in [5.41, 5.74) is 2.17. The van der Waals surface area contributed by atoms with Gasteiger partial charge in [-0.3, -0.25) is 9.69 Å². The van der Waals surface area contributed by atoms with Gasteiger partial charge in [-0.25, -0.2) is 0 Å². The maximum absolute atomic E-state index is 12.9. The number of benzene rings is 1. The molecule has 0 saturated carbocycles. The molecule has 5 nitrogen and oxygen atoms in total. The minimum absolute atomic E-state index is 0.131. The van der Waals surface area contributed by atoms with Crippen molar-refractivity contribution in [2.24, 2.45) is 5.41 Å². The van der Waals surface area contributed by atoms with Gasteiger partial charge in [0.25, 0.3) is 0 Å². The van der Waals surface area contributed by atoms with E-state index >= 15 is 0 Å². The lowest BCUT2D eigenvalue weighted by Gasteiger charge is -2.35. The maximum Gasteiger partial charge on any atom is 0.228 e. The zero-order valence-electron chi connectivity index (χ0n) is 15.4. The van der Waals surface area contributed by atoms with Crippen molar-refractivity contribution in [1.82, 2.24) is 15.5 Å². The summed E-state index contributed by atoms with van der Waals surface area (Å²) < 4.78 is 5.37. The second kappa shape index (κ2) is 8.79. The van der Waals surface area contributed by atoms with E-state index in [0.717, 1.165) is 32.5 Å². The second-order valence-electron chi connectivity index (χ2n) is 7.40. The summed E-state index contributed by atoms with van der Waals surface area (Å²) in [5.74, 6) is 0.131. The lowest BCUT2D eigenvalue weighted by Crippen LogP contribution is -2.50. The number of ether oxygens (including phenoxy) is 1. The van der Waals surface area contributed by atoms with Crippen LogP contribution in [0.5, 0.6) is 0 Å². The second-order valence-corrected chi connectivity index (χ2v) is 7.40. The number of likely N-dealkylation sites (tertiary alicyclic amines) is 1. The molecular weight excluding hydrogens is 314 g/mol. The summed E-state index contributed by atoms with van der Waals surface area (Å²) >= 11 is 0. The van der Waals surface area contributed by atoms with Gasteiger partial charge in [0.05, 0.1) is 12.0 Å². The quantitative estimate of drug-likeness (QED) is 0.793. The van der Waals surface area contributed by atoms with Gasteiger partial charge in [0, 0.05) is 20.2 Å². The van der Waals surface area contributed by atoms with Crippen LogP contribution in [-0.4, -0.2) is 50.7 Å². The number of hydrogen-bond donors (Lipinski definition) is 2. The highest BCUT2D eigenvalue weighted by atomic mass is 16.5. The maximum atomic E-state index is 12.9. The van der Waals surface area contributed by atoms with Crippen LogP contribution in [0.1, 0.15) is 36.8 Å². The topological polar surface area (TPSA) is 53.6 Å². The predicted octanol–water partition coefficient (Wildman–Crippen LogP) is 1.91. The minimum Gasteiger partial charge on any atom is -0.384 e. The third-order valence-electron chi connectivity index (χ3n) is 5.61. The Morgan fingerprint density at radius 3 is 2.56 bits per heavy atom. The van der Waals surface area contributed by atoms with E-state index in [1.54, 1.807) is 7.11 Å². The molecule has 0 bridgehead atoms. The van der Waals surface area contributed by atoms with Crippen molar-refractivity contribution < 1.29 is 9.53 Å². The smallest absolute Gasteiger partial charge is 0.228 e. The highest BCUT2D eigenvalue weighted by Crippen LogP contribution is 2.29. The van der Waals surface area contributed by atoms with Crippen LogP contribution in [0.2, 0.25) is 0 Å². The van der Waals surface area contributed by atoms with Crippen LogP contribution in [0.15, 0.2) is 24.3 Å². The van der Waals surface area contributed by atoms with Crippen molar-refractivity contribution >= 4 is 5.91 Å². The molecular formula is C20H31N3O2. The van der Waals surface area contributed by atoms with E-state index in [0.29, 0.717) is 13.2 Å². The summed E-state index contributed by atoms with van der Waals surface area (Å²) in [6.07, 6.45) is 4.27. The van der Waals surface area contributed by atoms with Crippen molar-refractivity contribution in [3.05, 3.63) is 35.4 Å². The zero-order chi connectivity index (χ0) is 17.5. The lowest BCUT2D eigenvalue weighted by molar-refractivity contribution is -0.136. The molecule has 138 valence electrons. The number of nitrogens with zero attached hydrogens (tertiary/aromatic N) is 1. The Hall–Kier alpha value is -1.43. The highest BCUT2D eigenvalue weighted by Gasteiger charge is 2.39. The molecule has 2 heterocycles. The first-order valence-electron chi connectivity index (χ1n) is 9.51. The summed E-state index contributed by atoms with van der Waals surface area (Å²) in [6, 6.07) is 8.48. The van der Waals surface area contributed by atoms with E-state index in [1.807, 2.05) is 0 Å². The third-order valence-corrected chi connectivity index (χ3v) is 5.61. The molecule has 2 N–H and O–H groups in total. The average molecular weight is 345 g/mol. The van der Waals surface area contributed by atoms with Crippen molar-refractivity contribution in [2.75, 3.05) is 39.9 Å². The molecule has 0 aromatic heterocycles. The van der Waals surface area contributed by atoms with Gasteiger partial charge < -0.3 is 15.4 Å². The summed E-state index contributed by atoms with van der Waals surface area (Å²) in [7, 11) is 1.68. The first kappa shape index (κ1) is 18.4. The van der Waals surface area contributed by atoms with Crippen molar-refractivity contribution in [3.8, 4) is 0 Å². The van der Waals surface area contributed by atoms with Crippen LogP contribution >= 0.6 is 0 Å². The first-order valence-corrected chi connectivity index (χ1v) is 9.51. The fraction of sp³-hybridized carbons (Fsp3) is 0.650. The number of carbonyl (C=O) groups excluding carboxylic acids is 1. The molecule has 2 fully saturated rings.